The first-order chi connectivity index (χ1) is 14.6. The zero-order valence-electron chi connectivity index (χ0n) is 20.0. The van der Waals surface area contributed by atoms with Gasteiger partial charge >= 0.3 is 0 Å². The van der Waals surface area contributed by atoms with E-state index >= 15 is 0 Å². The fourth-order valence-corrected chi connectivity index (χ4v) is 4.05. The topological polar surface area (TPSA) is 58.9 Å². The maximum atomic E-state index is 10.8. The van der Waals surface area contributed by atoms with E-state index < -0.39 is 0 Å². The lowest BCUT2D eigenvalue weighted by Gasteiger charge is -2.21. The minimum Gasteiger partial charge on any atom is -0.504 e. The molecule has 1 rings (SSSR count). The third-order valence-electron chi connectivity index (χ3n) is 5.71. The second-order valence-corrected chi connectivity index (χ2v) is 8.21. The summed E-state index contributed by atoms with van der Waals surface area (Å²) in [4.78, 5) is 0. The minimum atomic E-state index is -0.173. The predicted molar refractivity (Wildman–Crippen MR) is 126 cm³/mol. The molecule has 0 aliphatic rings. The Morgan fingerprint density at radius 3 is 1.43 bits per heavy atom. The molecular formula is C26H46O4. The molecule has 2 N–H and O–H groups in total. The van der Waals surface area contributed by atoms with Crippen LogP contribution in [-0.4, -0.2) is 23.4 Å². The number of hydrogen-bond acceptors (Lipinski definition) is 4. The number of aromatic hydroxyl groups is 2. The van der Waals surface area contributed by atoms with E-state index in [1.165, 1.54) is 57.8 Å². The Kier molecular flexibility index (Phi) is 14.2. The molecule has 0 aromatic heterocycles. The van der Waals surface area contributed by atoms with Crippen LogP contribution in [0.25, 0.3) is 0 Å². The number of benzene rings is 1. The molecule has 30 heavy (non-hydrogen) atoms. The molecule has 1 aromatic rings. The summed E-state index contributed by atoms with van der Waals surface area (Å²) in [7, 11) is 0. The molecule has 0 saturated carbocycles. The van der Waals surface area contributed by atoms with E-state index in [4.69, 9.17) is 9.47 Å². The van der Waals surface area contributed by atoms with Crippen molar-refractivity contribution in [3.63, 3.8) is 0 Å². The Balaban J connectivity index is 3.02. The lowest BCUT2D eigenvalue weighted by molar-refractivity contribution is 0.266. The van der Waals surface area contributed by atoms with Crippen LogP contribution < -0.4 is 9.47 Å². The summed E-state index contributed by atoms with van der Waals surface area (Å²) in [5.41, 5.74) is 1.88. The van der Waals surface area contributed by atoms with Gasteiger partial charge in [0.1, 0.15) is 0 Å². The van der Waals surface area contributed by atoms with E-state index in [9.17, 15) is 10.2 Å². The quantitative estimate of drug-likeness (QED) is 0.188. The molecule has 0 amide bonds. The fourth-order valence-electron chi connectivity index (χ4n) is 4.05. The molecule has 0 aliphatic heterocycles. The molecule has 0 unspecified atom stereocenters. The number of phenolic OH excluding ortho intramolecular Hbond substituents is 2. The van der Waals surface area contributed by atoms with Crippen molar-refractivity contribution in [2.24, 2.45) is 0 Å². The summed E-state index contributed by atoms with van der Waals surface area (Å²) in [5, 5.41) is 21.4. The molecule has 0 fully saturated rings. The van der Waals surface area contributed by atoms with Crippen LogP contribution in [0.2, 0.25) is 0 Å². The van der Waals surface area contributed by atoms with E-state index in [2.05, 4.69) is 13.8 Å². The standard InChI is InChI=1S/C26H46O4/c1-5-9-11-13-15-17-19-21-22(20-18-16-14-12-10-6-2)25(29-7-3)26(30-8-4)24(28)23(21)27/h27-28H,5-20H2,1-4H3. The van der Waals surface area contributed by atoms with Crippen molar-refractivity contribution in [3.8, 4) is 23.0 Å². The first kappa shape index (κ1) is 26.5. The first-order valence-corrected chi connectivity index (χ1v) is 12.5. The number of phenols is 2. The van der Waals surface area contributed by atoms with Crippen LogP contribution in [0.4, 0.5) is 0 Å². The summed E-state index contributed by atoms with van der Waals surface area (Å²) in [6, 6.07) is 0. The van der Waals surface area contributed by atoms with Gasteiger partial charge in [0.25, 0.3) is 0 Å². The van der Waals surface area contributed by atoms with Gasteiger partial charge in [-0.3, -0.25) is 0 Å². The zero-order chi connectivity index (χ0) is 22.2. The first-order valence-electron chi connectivity index (χ1n) is 12.5. The van der Waals surface area contributed by atoms with Crippen LogP contribution in [0, 0.1) is 0 Å². The second kappa shape index (κ2) is 16.2. The maximum absolute atomic E-state index is 10.8. The largest absolute Gasteiger partial charge is 0.504 e. The van der Waals surface area contributed by atoms with Crippen molar-refractivity contribution < 1.29 is 19.7 Å². The number of rotatable bonds is 18. The van der Waals surface area contributed by atoms with E-state index in [0.29, 0.717) is 24.7 Å². The lowest BCUT2D eigenvalue weighted by Crippen LogP contribution is -2.06. The van der Waals surface area contributed by atoms with Gasteiger partial charge in [0.2, 0.25) is 11.5 Å². The summed E-state index contributed by atoms with van der Waals surface area (Å²) in [6.45, 7) is 9.21. The summed E-state index contributed by atoms with van der Waals surface area (Å²) in [6.07, 6.45) is 16.1. The highest BCUT2D eigenvalue weighted by Gasteiger charge is 2.25. The van der Waals surface area contributed by atoms with Crippen molar-refractivity contribution in [2.75, 3.05) is 13.2 Å². The lowest BCUT2D eigenvalue weighted by atomic mass is 9.93. The van der Waals surface area contributed by atoms with Crippen LogP contribution in [0.1, 0.15) is 116 Å². The van der Waals surface area contributed by atoms with Gasteiger partial charge in [0.05, 0.1) is 13.2 Å². The maximum Gasteiger partial charge on any atom is 0.207 e. The average Bonchev–Trinajstić information content (AvgIpc) is 2.74. The second-order valence-electron chi connectivity index (χ2n) is 8.21. The van der Waals surface area contributed by atoms with Gasteiger partial charge in [0, 0.05) is 11.1 Å². The van der Waals surface area contributed by atoms with Crippen LogP contribution >= 0.6 is 0 Å². The Morgan fingerprint density at radius 2 is 0.933 bits per heavy atom. The zero-order valence-corrected chi connectivity index (χ0v) is 20.0. The Labute approximate surface area is 185 Å². The third-order valence-corrected chi connectivity index (χ3v) is 5.71. The van der Waals surface area contributed by atoms with Gasteiger partial charge < -0.3 is 19.7 Å². The molecule has 0 radical (unpaired) electrons. The Bertz CT molecular complexity index is 583. The Morgan fingerprint density at radius 1 is 0.500 bits per heavy atom. The molecule has 0 spiro atoms. The SMILES string of the molecule is CCCCCCCCc1c(O)c(O)c(OCC)c(OCC)c1CCCCCCCC. The summed E-state index contributed by atoms with van der Waals surface area (Å²) >= 11 is 0. The molecule has 1 aromatic carbocycles. The highest BCUT2D eigenvalue weighted by atomic mass is 16.5. The monoisotopic (exact) mass is 422 g/mol. The molecule has 0 heterocycles. The van der Waals surface area contributed by atoms with E-state index in [1.807, 2.05) is 13.8 Å². The molecule has 0 aliphatic carbocycles. The van der Waals surface area contributed by atoms with Gasteiger partial charge in [-0.05, 0) is 39.5 Å². The van der Waals surface area contributed by atoms with Gasteiger partial charge in [-0.2, -0.15) is 0 Å². The fraction of sp³-hybridized carbons (Fsp3) is 0.769. The molecule has 0 bridgehead atoms. The van der Waals surface area contributed by atoms with Crippen LogP contribution in [-0.2, 0) is 12.8 Å². The normalized spacial score (nSPS) is 11.1. The predicted octanol–water partition coefficient (Wildman–Crippen LogP) is 7.70. The molecule has 4 nitrogen and oxygen atoms in total. The minimum absolute atomic E-state index is 0.0172. The van der Waals surface area contributed by atoms with Gasteiger partial charge in [-0.1, -0.05) is 78.1 Å². The van der Waals surface area contributed by atoms with Crippen molar-refractivity contribution in [1.82, 2.24) is 0 Å². The van der Waals surface area contributed by atoms with E-state index in [0.717, 1.165) is 43.2 Å². The number of unbranched alkanes of at least 4 members (excludes halogenated alkanes) is 10. The Hall–Kier alpha value is -1.58. The summed E-state index contributed by atoms with van der Waals surface area (Å²) in [5.74, 6) is 0.734. The number of hydrogen-bond donors (Lipinski definition) is 2. The van der Waals surface area contributed by atoms with E-state index in [-0.39, 0.29) is 11.5 Å². The number of ether oxygens (including phenoxy) is 2. The average molecular weight is 423 g/mol. The molecule has 0 saturated heterocycles. The van der Waals surface area contributed by atoms with Crippen molar-refractivity contribution in [2.45, 2.75) is 118 Å². The van der Waals surface area contributed by atoms with Crippen molar-refractivity contribution in [1.29, 1.82) is 0 Å². The third kappa shape index (κ3) is 8.65. The summed E-state index contributed by atoms with van der Waals surface area (Å²) < 4.78 is 11.6. The van der Waals surface area contributed by atoms with Gasteiger partial charge in [-0.25, -0.2) is 0 Å². The molecule has 174 valence electrons. The van der Waals surface area contributed by atoms with Crippen molar-refractivity contribution >= 4 is 0 Å². The van der Waals surface area contributed by atoms with Gasteiger partial charge in [-0.15, -0.1) is 0 Å². The smallest absolute Gasteiger partial charge is 0.207 e. The van der Waals surface area contributed by atoms with Crippen molar-refractivity contribution in [3.05, 3.63) is 11.1 Å². The van der Waals surface area contributed by atoms with Crippen LogP contribution in [0.15, 0.2) is 0 Å². The molecular weight excluding hydrogens is 376 g/mol. The van der Waals surface area contributed by atoms with Gasteiger partial charge in [0.15, 0.2) is 11.5 Å². The van der Waals surface area contributed by atoms with E-state index in [1.54, 1.807) is 0 Å². The highest BCUT2D eigenvalue weighted by molar-refractivity contribution is 5.66. The van der Waals surface area contributed by atoms with Crippen LogP contribution in [0.5, 0.6) is 23.0 Å². The molecule has 4 heteroatoms. The van der Waals surface area contributed by atoms with Crippen LogP contribution in [0.3, 0.4) is 0 Å². The molecule has 0 atom stereocenters. The highest BCUT2D eigenvalue weighted by Crippen LogP contribution is 2.49.